The molecule has 72 valence electrons. The van der Waals surface area contributed by atoms with Crippen molar-refractivity contribution in [2.24, 2.45) is 18.4 Å². The van der Waals surface area contributed by atoms with Crippen LogP contribution in [0.3, 0.4) is 0 Å². The zero-order valence-corrected chi connectivity index (χ0v) is 8.83. The number of hydrogen-bond acceptors (Lipinski definition) is 1. The highest BCUT2D eigenvalue weighted by Crippen LogP contribution is 2.62. The number of hydrogen-bond donors (Lipinski definition) is 0. The van der Waals surface area contributed by atoms with E-state index in [9.17, 15) is 0 Å². The third kappa shape index (κ3) is 1.28. The van der Waals surface area contributed by atoms with Crippen molar-refractivity contribution in [1.82, 2.24) is 9.55 Å². The molecule has 2 unspecified atom stereocenters. The van der Waals surface area contributed by atoms with Crippen molar-refractivity contribution in [3.63, 3.8) is 0 Å². The summed E-state index contributed by atoms with van der Waals surface area (Å²) in [6, 6.07) is 0. The van der Waals surface area contributed by atoms with Crippen molar-refractivity contribution in [3.05, 3.63) is 18.2 Å². The summed E-state index contributed by atoms with van der Waals surface area (Å²) in [6.07, 6.45) is 5.01. The number of imidazole rings is 1. The van der Waals surface area contributed by atoms with Gasteiger partial charge in [0.05, 0.1) is 12.0 Å². The Bertz CT molecular complexity index is 350. The van der Waals surface area contributed by atoms with E-state index in [4.69, 9.17) is 1.37 Å². The minimum Gasteiger partial charge on any atom is -0.340 e. The monoisotopic (exact) mass is 180 g/mol. The predicted molar refractivity (Wildman–Crippen MR) is 53.5 cm³/mol. The van der Waals surface area contributed by atoms with E-state index >= 15 is 0 Å². The van der Waals surface area contributed by atoms with Crippen LogP contribution in [-0.2, 0) is 7.05 Å². The second-order valence-corrected chi connectivity index (χ2v) is 4.64. The summed E-state index contributed by atoms with van der Waals surface area (Å²) in [6.45, 7) is 6.19. The maximum Gasteiger partial charge on any atom is 0.0946 e. The zero-order valence-electron chi connectivity index (χ0n) is 9.83. The van der Waals surface area contributed by atoms with Crippen molar-refractivity contribution in [1.29, 1.82) is 0 Å². The molecule has 1 fully saturated rings. The van der Waals surface area contributed by atoms with Gasteiger partial charge in [0, 0.05) is 20.5 Å². The van der Waals surface area contributed by atoms with Crippen molar-refractivity contribution < 1.29 is 1.37 Å². The first-order valence-electron chi connectivity index (χ1n) is 5.32. The second-order valence-electron chi connectivity index (χ2n) is 4.64. The van der Waals surface area contributed by atoms with E-state index < -0.39 is 0 Å². The summed E-state index contributed by atoms with van der Waals surface area (Å²) in [5, 5.41) is 0. The summed E-state index contributed by atoms with van der Waals surface area (Å²) in [5.41, 5.74) is 1.26. The van der Waals surface area contributed by atoms with Gasteiger partial charge in [0.25, 0.3) is 0 Å². The molecule has 1 aromatic heterocycles. The van der Waals surface area contributed by atoms with E-state index in [1.165, 1.54) is 0 Å². The average molecular weight is 180 g/mol. The molecule has 0 bridgehead atoms. The van der Waals surface area contributed by atoms with Gasteiger partial charge in [-0.05, 0) is 17.7 Å². The minimum absolute atomic E-state index is 0.112. The number of rotatable bonds is 2. The van der Waals surface area contributed by atoms with Gasteiger partial charge in [-0.15, -0.1) is 0 Å². The van der Waals surface area contributed by atoms with Crippen LogP contribution in [0.25, 0.3) is 0 Å². The van der Waals surface area contributed by atoms with Gasteiger partial charge in [-0.25, -0.2) is 4.98 Å². The van der Waals surface area contributed by atoms with E-state index in [2.05, 4.69) is 18.1 Å². The van der Waals surface area contributed by atoms with Crippen LogP contribution in [0.15, 0.2) is 12.5 Å². The molecule has 1 heterocycles. The van der Waals surface area contributed by atoms with E-state index in [0.717, 1.165) is 12.1 Å². The molecule has 2 atom stereocenters. The molecule has 13 heavy (non-hydrogen) atoms. The quantitative estimate of drug-likeness (QED) is 0.684. The van der Waals surface area contributed by atoms with Gasteiger partial charge in [0.1, 0.15) is 0 Å². The molecule has 0 aliphatic heterocycles. The maximum absolute atomic E-state index is 8.10. The number of aromatic nitrogens is 2. The van der Waals surface area contributed by atoms with E-state index in [1.807, 2.05) is 31.8 Å². The second kappa shape index (κ2) is 2.60. The van der Waals surface area contributed by atoms with E-state index in [0.29, 0.717) is 5.92 Å². The lowest BCUT2D eigenvalue weighted by Gasteiger charge is -2.14. The van der Waals surface area contributed by atoms with Crippen LogP contribution in [0.2, 0.25) is 0 Å². The summed E-state index contributed by atoms with van der Waals surface area (Å²) >= 11 is 0. The van der Waals surface area contributed by atoms with E-state index in [1.54, 1.807) is 0 Å². The van der Waals surface area contributed by atoms with Gasteiger partial charge >= 0.3 is 0 Å². The Morgan fingerprint density at radius 3 is 2.85 bits per heavy atom. The summed E-state index contributed by atoms with van der Waals surface area (Å²) in [7, 11) is 1.99. The van der Waals surface area contributed by atoms with E-state index in [-0.39, 0.29) is 11.3 Å². The zero-order chi connectivity index (χ0) is 10.6. The van der Waals surface area contributed by atoms with Gasteiger partial charge in [-0.3, -0.25) is 0 Å². The average Bonchev–Trinajstić information content (AvgIpc) is 2.54. The lowest BCUT2D eigenvalue weighted by molar-refractivity contribution is 0.381. The van der Waals surface area contributed by atoms with Gasteiger partial charge in [-0.1, -0.05) is 20.8 Å². The van der Waals surface area contributed by atoms with Crippen LogP contribution in [0.1, 0.15) is 40.2 Å². The molecule has 2 heteroatoms. The summed E-state index contributed by atoms with van der Waals surface area (Å²) in [5.74, 6) is 0.117. The maximum atomic E-state index is 8.10. The van der Waals surface area contributed by atoms with Crippen molar-refractivity contribution >= 4 is 0 Å². The molecule has 1 aromatic rings. The van der Waals surface area contributed by atoms with Crippen molar-refractivity contribution in [2.75, 3.05) is 0 Å². The topological polar surface area (TPSA) is 17.8 Å². The molecule has 1 saturated carbocycles. The minimum atomic E-state index is -0.366. The fourth-order valence-corrected chi connectivity index (χ4v) is 1.96. The fourth-order valence-electron chi connectivity index (χ4n) is 1.96. The third-order valence-electron chi connectivity index (χ3n) is 3.46. The molecule has 0 saturated heterocycles. The van der Waals surface area contributed by atoms with Gasteiger partial charge < -0.3 is 4.57 Å². The first kappa shape index (κ1) is 7.60. The third-order valence-corrected chi connectivity index (χ3v) is 3.46. The highest BCUT2D eigenvalue weighted by atomic mass is 15.0. The molecule has 2 nitrogen and oxygen atoms in total. The van der Waals surface area contributed by atoms with Crippen molar-refractivity contribution in [2.45, 2.75) is 33.1 Å². The Morgan fingerprint density at radius 2 is 2.46 bits per heavy atom. The number of nitrogens with zero attached hydrogens (tertiary/aromatic N) is 2. The molecule has 1 aliphatic rings. The summed E-state index contributed by atoms with van der Waals surface area (Å²) in [4.78, 5) is 4.37. The Hall–Kier alpha value is -0.790. The predicted octanol–water partition coefficient (Wildman–Crippen LogP) is 2.57. The largest absolute Gasteiger partial charge is 0.340 e. The Balaban J connectivity index is 2.20. The van der Waals surface area contributed by atoms with Gasteiger partial charge in [-0.2, -0.15) is 0 Å². The normalized spacial score (nSPS) is 34.5. The highest BCUT2D eigenvalue weighted by Gasteiger charge is 2.53. The van der Waals surface area contributed by atoms with Crippen molar-refractivity contribution in [3.8, 4) is 0 Å². The van der Waals surface area contributed by atoms with Crippen LogP contribution in [0, 0.1) is 11.3 Å². The molecular formula is C11H18N2. The molecule has 2 rings (SSSR count). The molecule has 0 amide bonds. The first-order chi connectivity index (χ1) is 6.34. The lowest BCUT2D eigenvalue weighted by Crippen LogP contribution is -2.06. The van der Waals surface area contributed by atoms with Crippen LogP contribution >= 0.6 is 0 Å². The molecular weight excluding hydrogens is 160 g/mol. The molecule has 0 spiro atoms. The number of aryl methyl sites for hydroxylation is 1. The molecule has 0 aromatic carbocycles. The van der Waals surface area contributed by atoms with Crippen LogP contribution < -0.4 is 0 Å². The van der Waals surface area contributed by atoms with Crippen LogP contribution in [0.4, 0.5) is 0 Å². The Morgan fingerprint density at radius 1 is 1.77 bits per heavy atom. The molecule has 0 radical (unpaired) electrons. The lowest BCUT2D eigenvalue weighted by atomic mass is 9.91. The van der Waals surface area contributed by atoms with Crippen LogP contribution in [0.5, 0.6) is 0 Å². The highest BCUT2D eigenvalue weighted by molar-refractivity contribution is 5.21. The first-order valence-corrected chi connectivity index (χ1v) is 4.82. The van der Waals surface area contributed by atoms with Gasteiger partial charge in [0.15, 0.2) is 0 Å². The molecule has 1 aliphatic carbocycles. The fraction of sp³-hybridized carbons (Fsp3) is 0.727. The smallest absolute Gasteiger partial charge is 0.0946 e. The van der Waals surface area contributed by atoms with Gasteiger partial charge in [0.2, 0.25) is 0 Å². The SMILES string of the molecule is [3H]C(C)(C)C1(C)CC1c1cn(C)cn1. The summed E-state index contributed by atoms with van der Waals surface area (Å²) < 4.78 is 10.1. The Labute approximate surface area is 81.4 Å². The standard InChI is InChI=1S/C11H18N2/c1-8(2)11(3)5-9(11)10-6-13(4)7-12-10/h6-9H,5H2,1-4H3/i8T. The molecule has 0 N–H and O–H groups in total. The van der Waals surface area contributed by atoms with Crippen LogP contribution in [-0.4, -0.2) is 9.55 Å². The Kier molecular flexibility index (Phi) is 1.52.